The Morgan fingerprint density at radius 1 is 1.50 bits per heavy atom. The Morgan fingerprint density at radius 3 is 2.75 bits per heavy atom. The number of carboxylic acids is 1. The second kappa shape index (κ2) is 6.44. The van der Waals surface area contributed by atoms with Crippen molar-refractivity contribution in [3.63, 3.8) is 0 Å². The number of carbonyl (C=O) groups is 2. The molecule has 1 aliphatic rings. The molecule has 1 aliphatic carbocycles. The van der Waals surface area contributed by atoms with Gasteiger partial charge in [0.05, 0.1) is 13.1 Å². The molecule has 1 aromatic heterocycles. The number of aliphatic carboxylic acids is 1. The van der Waals surface area contributed by atoms with Gasteiger partial charge in [-0.1, -0.05) is 12.0 Å². The van der Waals surface area contributed by atoms with Gasteiger partial charge in [-0.05, 0) is 24.3 Å². The fraction of sp³-hybridized carbons (Fsp3) is 0.429. The summed E-state index contributed by atoms with van der Waals surface area (Å²) in [6.45, 7) is 0.164. The molecule has 0 spiro atoms. The van der Waals surface area contributed by atoms with Crippen molar-refractivity contribution >= 4 is 23.3 Å². The summed E-state index contributed by atoms with van der Waals surface area (Å²) in [5.74, 6) is 1.29. The fourth-order valence-corrected chi connectivity index (χ4v) is 2.66. The minimum atomic E-state index is -1.06. The van der Waals surface area contributed by atoms with Gasteiger partial charge in [0.15, 0.2) is 0 Å². The summed E-state index contributed by atoms with van der Waals surface area (Å²) in [6, 6.07) is 3.82. The molecule has 0 atom stereocenters. The van der Waals surface area contributed by atoms with Crippen LogP contribution < -0.4 is 0 Å². The number of carbonyl (C=O) groups excluding carboxylic acids is 1. The number of nitrogens with zero attached hydrogens (tertiary/aromatic N) is 2. The maximum Gasteiger partial charge on any atom is 0.323 e. The van der Waals surface area contributed by atoms with E-state index in [-0.39, 0.29) is 25.2 Å². The lowest BCUT2D eigenvalue weighted by Gasteiger charge is -2.28. The maximum atomic E-state index is 12.5. The zero-order valence-electron chi connectivity index (χ0n) is 11.0. The van der Waals surface area contributed by atoms with Crippen LogP contribution in [0.3, 0.4) is 0 Å². The highest BCUT2D eigenvalue weighted by Crippen LogP contribution is 2.30. The monoisotopic (exact) mass is 292 g/mol. The molecule has 0 aromatic carbocycles. The Bertz CT molecular complexity index is 517. The highest BCUT2D eigenvalue weighted by atomic mass is 32.1. The van der Waals surface area contributed by atoms with Crippen molar-refractivity contribution in [1.29, 1.82) is 0 Å². The van der Waals surface area contributed by atoms with Crippen molar-refractivity contribution in [3.8, 4) is 12.3 Å². The molecule has 1 heterocycles. The zero-order valence-corrected chi connectivity index (χ0v) is 11.8. The van der Waals surface area contributed by atoms with Crippen LogP contribution in [0.5, 0.6) is 0 Å². The lowest BCUT2D eigenvalue weighted by molar-refractivity contribution is -0.137. The largest absolute Gasteiger partial charge is 0.480 e. The lowest BCUT2D eigenvalue weighted by Crippen LogP contribution is -2.46. The van der Waals surface area contributed by atoms with Crippen molar-refractivity contribution in [3.05, 3.63) is 22.4 Å². The molecule has 0 unspecified atom stereocenters. The van der Waals surface area contributed by atoms with Gasteiger partial charge in [0.25, 0.3) is 0 Å². The van der Waals surface area contributed by atoms with Gasteiger partial charge < -0.3 is 14.9 Å². The predicted molar refractivity (Wildman–Crippen MR) is 76.3 cm³/mol. The van der Waals surface area contributed by atoms with Crippen LogP contribution in [0.1, 0.15) is 17.7 Å². The number of hydrogen-bond acceptors (Lipinski definition) is 3. The molecule has 1 aromatic rings. The van der Waals surface area contributed by atoms with Gasteiger partial charge in [-0.15, -0.1) is 17.8 Å². The minimum absolute atomic E-state index is 0.0127. The van der Waals surface area contributed by atoms with E-state index in [1.54, 1.807) is 16.2 Å². The number of hydrogen-bond donors (Lipinski definition) is 1. The molecule has 1 fully saturated rings. The first-order valence-electron chi connectivity index (χ1n) is 6.35. The molecular formula is C14H16N2O3S. The number of rotatable bonds is 6. The molecule has 1 N–H and O–H groups in total. The van der Waals surface area contributed by atoms with Gasteiger partial charge in [-0.25, -0.2) is 4.79 Å². The first-order chi connectivity index (χ1) is 9.61. The molecule has 6 heteroatoms. The molecule has 0 aliphatic heterocycles. The summed E-state index contributed by atoms with van der Waals surface area (Å²) >= 11 is 1.58. The Hall–Kier alpha value is -2.00. The molecule has 2 rings (SSSR count). The number of urea groups is 1. The third-order valence-electron chi connectivity index (χ3n) is 3.02. The van der Waals surface area contributed by atoms with E-state index in [0.29, 0.717) is 6.54 Å². The van der Waals surface area contributed by atoms with Gasteiger partial charge in [-0.3, -0.25) is 4.79 Å². The van der Waals surface area contributed by atoms with E-state index in [4.69, 9.17) is 11.5 Å². The lowest BCUT2D eigenvalue weighted by atomic mass is 10.4. The fourth-order valence-electron chi connectivity index (χ4n) is 1.96. The van der Waals surface area contributed by atoms with Crippen molar-refractivity contribution in [2.75, 3.05) is 13.1 Å². The van der Waals surface area contributed by atoms with E-state index in [1.165, 1.54) is 4.90 Å². The van der Waals surface area contributed by atoms with Gasteiger partial charge in [0.2, 0.25) is 0 Å². The molecule has 0 radical (unpaired) electrons. The third kappa shape index (κ3) is 3.75. The molecule has 2 amide bonds. The normalized spacial score (nSPS) is 13.6. The second-order valence-electron chi connectivity index (χ2n) is 4.67. The third-order valence-corrected chi connectivity index (χ3v) is 3.88. The topological polar surface area (TPSA) is 60.9 Å². The van der Waals surface area contributed by atoms with Crippen molar-refractivity contribution in [2.24, 2.45) is 0 Å². The molecule has 106 valence electrons. The number of thiophene rings is 1. The van der Waals surface area contributed by atoms with Gasteiger partial charge in [-0.2, -0.15) is 0 Å². The summed E-state index contributed by atoms with van der Waals surface area (Å²) < 4.78 is 0. The van der Waals surface area contributed by atoms with E-state index in [1.807, 2.05) is 17.5 Å². The van der Waals surface area contributed by atoms with Crippen molar-refractivity contribution in [2.45, 2.75) is 25.4 Å². The predicted octanol–water partition coefficient (Wildman–Crippen LogP) is 1.85. The van der Waals surface area contributed by atoms with E-state index >= 15 is 0 Å². The van der Waals surface area contributed by atoms with Gasteiger partial charge in [0.1, 0.15) is 6.54 Å². The van der Waals surface area contributed by atoms with Crippen LogP contribution in [-0.2, 0) is 11.3 Å². The zero-order chi connectivity index (χ0) is 14.5. The van der Waals surface area contributed by atoms with Crippen LogP contribution in [0.15, 0.2) is 17.5 Å². The molecule has 0 bridgehead atoms. The number of carboxylic acid groups (broad SMARTS) is 1. The Labute approximate surface area is 121 Å². The maximum absolute atomic E-state index is 12.5. The number of amides is 2. The SMILES string of the molecule is C#CCN(CC(=O)O)C(=O)N(Cc1cccs1)C1CC1. The average molecular weight is 292 g/mol. The van der Waals surface area contributed by atoms with Crippen LogP contribution in [0, 0.1) is 12.3 Å². The van der Waals surface area contributed by atoms with E-state index in [2.05, 4.69) is 5.92 Å². The molecule has 20 heavy (non-hydrogen) atoms. The summed E-state index contributed by atoms with van der Waals surface area (Å²) in [5, 5.41) is 10.8. The van der Waals surface area contributed by atoms with E-state index in [9.17, 15) is 9.59 Å². The van der Waals surface area contributed by atoms with Crippen molar-refractivity contribution in [1.82, 2.24) is 9.80 Å². The van der Waals surface area contributed by atoms with E-state index < -0.39 is 5.97 Å². The van der Waals surface area contributed by atoms with Crippen LogP contribution in [0.2, 0.25) is 0 Å². The minimum Gasteiger partial charge on any atom is -0.480 e. The van der Waals surface area contributed by atoms with Crippen LogP contribution in [-0.4, -0.2) is 46.0 Å². The van der Waals surface area contributed by atoms with Crippen molar-refractivity contribution < 1.29 is 14.7 Å². The van der Waals surface area contributed by atoms with Crippen LogP contribution in [0.4, 0.5) is 4.79 Å². The second-order valence-corrected chi connectivity index (χ2v) is 5.71. The summed E-state index contributed by atoms with van der Waals surface area (Å²) in [6.07, 6.45) is 7.15. The van der Waals surface area contributed by atoms with Gasteiger partial charge >= 0.3 is 12.0 Å². The van der Waals surface area contributed by atoms with Crippen LogP contribution in [0.25, 0.3) is 0 Å². The first-order valence-corrected chi connectivity index (χ1v) is 7.23. The summed E-state index contributed by atoms with van der Waals surface area (Å²) in [4.78, 5) is 27.3. The molecular weight excluding hydrogens is 276 g/mol. The Kier molecular flexibility index (Phi) is 4.64. The molecule has 1 saturated carbocycles. The summed E-state index contributed by atoms with van der Waals surface area (Å²) in [5.41, 5.74) is 0. The Morgan fingerprint density at radius 2 is 2.25 bits per heavy atom. The molecule has 0 saturated heterocycles. The van der Waals surface area contributed by atoms with Gasteiger partial charge in [0, 0.05) is 10.9 Å². The Balaban J connectivity index is 2.08. The highest BCUT2D eigenvalue weighted by Gasteiger charge is 2.35. The average Bonchev–Trinajstić information content (AvgIpc) is 3.11. The molecule has 5 nitrogen and oxygen atoms in total. The standard InChI is InChI=1S/C14H16N2O3S/c1-2-7-15(10-13(17)18)14(19)16(11-5-6-11)9-12-4-3-8-20-12/h1,3-4,8,11H,5-7,9-10H2,(H,17,18). The quantitative estimate of drug-likeness (QED) is 0.814. The summed E-state index contributed by atoms with van der Waals surface area (Å²) in [7, 11) is 0. The first kappa shape index (κ1) is 14.4. The smallest absolute Gasteiger partial charge is 0.323 e. The highest BCUT2D eigenvalue weighted by molar-refractivity contribution is 7.09. The van der Waals surface area contributed by atoms with Crippen LogP contribution >= 0.6 is 11.3 Å². The number of terminal acetylenes is 1. The van der Waals surface area contributed by atoms with E-state index in [0.717, 1.165) is 17.7 Å².